The highest BCUT2D eigenvalue weighted by molar-refractivity contribution is 7.89. The van der Waals surface area contributed by atoms with Crippen LogP contribution in [0.25, 0.3) is 0 Å². The van der Waals surface area contributed by atoms with E-state index in [2.05, 4.69) is 4.72 Å². The van der Waals surface area contributed by atoms with Gasteiger partial charge in [0.15, 0.2) is 0 Å². The Balaban J connectivity index is 2.16. The zero-order valence-electron chi connectivity index (χ0n) is 13.4. The standard InChI is InChI=1S/C16H21NO5S/c1-4-22-16-11(2)7-14(8-12(16)3)23(19,20)17-9-15(18)13-5-6-21-10-13/h5-8,10,15,17-18H,4,9H2,1-3H3/t15-/m0/s1. The zero-order valence-corrected chi connectivity index (χ0v) is 14.2. The van der Waals surface area contributed by atoms with Gasteiger partial charge < -0.3 is 14.3 Å². The van der Waals surface area contributed by atoms with Crippen LogP contribution >= 0.6 is 0 Å². The van der Waals surface area contributed by atoms with Crippen LogP contribution in [-0.2, 0) is 10.0 Å². The SMILES string of the molecule is CCOc1c(C)cc(S(=O)(=O)NC[C@H](O)c2ccoc2)cc1C. The first-order valence-electron chi connectivity index (χ1n) is 7.29. The fraction of sp³-hybridized carbons (Fsp3) is 0.375. The van der Waals surface area contributed by atoms with Crippen molar-refractivity contribution in [3.05, 3.63) is 47.4 Å². The van der Waals surface area contributed by atoms with Crippen molar-refractivity contribution in [3.63, 3.8) is 0 Å². The molecule has 0 fully saturated rings. The molecule has 1 aromatic carbocycles. The molecule has 0 saturated carbocycles. The molecule has 126 valence electrons. The Hall–Kier alpha value is -1.83. The summed E-state index contributed by atoms with van der Waals surface area (Å²) in [4.78, 5) is 0.148. The van der Waals surface area contributed by atoms with E-state index in [0.29, 0.717) is 17.9 Å². The summed E-state index contributed by atoms with van der Waals surface area (Å²) in [6, 6.07) is 4.71. The predicted molar refractivity (Wildman–Crippen MR) is 85.9 cm³/mol. The number of rotatable bonds is 7. The van der Waals surface area contributed by atoms with Crippen LogP contribution in [-0.4, -0.2) is 26.7 Å². The molecule has 0 saturated heterocycles. The molecule has 7 heteroatoms. The Kier molecular flexibility index (Phi) is 5.46. The molecule has 0 amide bonds. The molecule has 0 aliphatic carbocycles. The summed E-state index contributed by atoms with van der Waals surface area (Å²) in [5.74, 6) is 0.699. The number of benzene rings is 1. The van der Waals surface area contributed by atoms with E-state index in [-0.39, 0.29) is 11.4 Å². The Bertz CT molecular complexity index is 730. The molecule has 2 N–H and O–H groups in total. The summed E-state index contributed by atoms with van der Waals surface area (Å²) in [6.45, 7) is 5.87. The molecule has 0 spiro atoms. The van der Waals surface area contributed by atoms with E-state index in [9.17, 15) is 13.5 Å². The molecule has 2 rings (SSSR count). The number of furan rings is 1. The number of aliphatic hydroxyl groups is 1. The monoisotopic (exact) mass is 339 g/mol. The topological polar surface area (TPSA) is 88.8 Å². The number of nitrogens with one attached hydrogen (secondary N) is 1. The van der Waals surface area contributed by atoms with Crippen LogP contribution in [0.5, 0.6) is 5.75 Å². The van der Waals surface area contributed by atoms with E-state index in [4.69, 9.17) is 9.15 Å². The highest BCUT2D eigenvalue weighted by atomic mass is 32.2. The van der Waals surface area contributed by atoms with Crippen molar-refractivity contribution in [1.82, 2.24) is 4.72 Å². The summed E-state index contributed by atoms with van der Waals surface area (Å²) in [6.07, 6.45) is 1.84. The molecule has 0 aliphatic heterocycles. The Morgan fingerprint density at radius 3 is 2.48 bits per heavy atom. The second kappa shape index (κ2) is 7.16. The van der Waals surface area contributed by atoms with Crippen molar-refractivity contribution in [2.75, 3.05) is 13.2 Å². The van der Waals surface area contributed by atoms with Gasteiger partial charge >= 0.3 is 0 Å². The minimum Gasteiger partial charge on any atom is -0.493 e. The second-order valence-corrected chi connectivity index (χ2v) is 7.01. The number of sulfonamides is 1. The molecule has 1 heterocycles. The fourth-order valence-electron chi connectivity index (χ4n) is 2.29. The van der Waals surface area contributed by atoms with Gasteiger partial charge in [-0.3, -0.25) is 0 Å². The summed E-state index contributed by atoms with van der Waals surface area (Å²) in [7, 11) is -3.72. The lowest BCUT2D eigenvalue weighted by atomic mass is 10.1. The van der Waals surface area contributed by atoms with Gasteiger partial charge in [-0.05, 0) is 50.1 Å². The lowest BCUT2D eigenvalue weighted by molar-refractivity contribution is 0.181. The average molecular weight is 339 g/mol. The van der Waals surface area contributed by atoms with Crippen LogP contribution in [0.15, 0.2) is 40.0 Å². The average Bonchev–Trinajstić information content (AvgIpc) is 3.02. The van der Waals surface area contributed by atoms with Crippen LogP contribution in [0, 0.1) is 13.8 Å². The van der Waals surface area contributed by atoms with Gasteiger partial charge in [-0.25, -0.2) is 13.1 Å². The van der Waals surface area contributed by atoms with Crippen LogP contribution in [0.3, 0.4) is 0 Å². The van der Waals surface area contributed by atoms with Crippen molar-refractivity contribution in [2.24, 2.45) is 0 Å². The summed E-state index contributed by atoms with van der Waals surface area (Å²) in [5, 5.41) is 9.94. The van der Waals surface area contributed by atoms with Gasteiger partial charge in [0.2, 0.25) is 10.0 Å². The second-order valence-electron chi connectivity index (χ2n) is 5.24. The largest absolute Gasteiger partial charge is 0.493 e. The number of aryl methyl sites for hydroxylation is 2. The highest BCUT2D eigenvalue weighted by Crippen LogP contribution is 2.27. The summed E-state index contributed by atoms with van der Waals surface area (Å²) >= 11 is 0. The van der Waals surface area contributed by atoms with Gasteiger partial charge in [0.05, 0.1) is 30.1 Å². The lowest BCUT2D eigenvalue weighted by Gasteiger charge is -2.15. The minimum absolute atomic E-state index is 0.132. The maximum absolute atomic E-state index is 12.4. The maximum Gasteiger partial charge on any atom is 0.240 e. The third-order valence-electron chi connectivity index (χ3n) is 3.43. The number of hydrogen-bond donors (Lipinski definition) is 2. The molecule has 23 heavy (non-hydrogen) atoms. The minimum atomic E-state index is -3.72. The summed E-state index contributed by atoms with van der Waals surface area (Å²) in [5.41, 5.74) is 2.02. The molecule has 0 aliphatic rings. The first-order valence-corrected chi connectivity index (χ1v) is 8.77. The Morgan fingerprint density at radius 1 is 1.30 bits per heavy atom. The maximum atomic E-state index is 12.4. The van der Waals surface area contributed by atoms with Crippen molar-refractivity contribution < 1.29 is 22.7 Å². The van der Waals surface area contributed by atoms with Gasteiger partial charge in [0.1, 0.15) is 5.75 Å². The van der Waals surface area contributed by atoms with Crippen LogP contribution in [0.4, 0.5) is 0 Å². The van der Waals surface area contributed by atoms with Gasteiger partial charge in [-0.15, -0.1) is 0 Å². The van der Waals surface area contributed by atoms with E-state index in [1.54, 1.807) is 32.0 Å². The van der Waals surface area contributed by atoms with E-state index < -0.39 is 16.1 Å². The molecule has 1 atom stereocenters. The smallest absolute Gasteiger partial charge is 0.240 e. The predicted octanol–water partition coefficient (Wildman–Crippen LogP) is 2.31. The lowest BCUT2D eigenvalue weighted by Crippen LogP contribution is -2.28. The molecular weight excluding hydrogens is 318 g/mol. The van der Waals surface area contributed by atoms with Crippen LogP contribution in [0.2, 0.25) is 0 Å². The molecule has 2 aromatic rings. The number of ether oxygens (including phenoxy) is 1. The first kappa shape index (κ1) is 17.5. The number of hydrogen-bond acceptors (Lipinski definition) is 5. The summed E-state index contributed by atoms with van der Waals surface area (Å²) < 4.78 is 37.6. The third kappa shape index (κ3) is 4.13. The van der Waals surface area contributed by atoms with E-state index in [1.165, 1.54) is 12.5 Å². The van der Waals surface area contributed by atoms with Gasteiger partial charge in [0.25, 0.3) is 0 Å². The zero-order chi connectivity index (χ0) is 17.0. The van der Waals surface area contributed by atoms with Gasteiger partial charge in [0, 0.05) is 12.1 Å². The van der Waals surface area contributed by atoms with E-state index in [0.717, 1.165) is 11.1 Å². The van der Waals surface area contributed by atoms with Crippen molar-refractivity contribution in [3.8, 4) is 5.75 Å². The van der Waals surface area contributed by atoms with E-state index >= 15 is 0 Å². The highest BCUT2D eigenvalue weighted by Gasteiger charge is 2.19. The molecule has 0 unspecified atom stereocenters. The van der Waals surface area contributed by atoms with Gasteiger partial charge in [-0.1, -0.05) is 0 Å². The quantitative estimate of drug-likeness (QED) is 0.808. The molecule has 6 nitrogen and oxygen atoms in total. The van der Waals surface area contributed by atoms with Crippen LogP contribution < -0.4 is 9.46 Å². The van der Waals surface area contributed by atoms with E-state index in [1.807, 2.05) is 6.92 Å². The molecular formula is C16H21NO5S. The fourth-order valence-corrected chi connectivity index (χ4v) is 3.50. The molecule has 1 aromatic heterocycles. The van der Waals surface area contributed by atoms with Gasteiger partial charge in [-0.2, -0.15) is 0 Å². The molecule has 0 bridgehead atoms. The van der Waals surface area contributed by atoms with Crippen molar-refractivity contribution >= 4 is 10.0 Å². The Labute approximate surface area is 136 Å². The molecule has 0 radical (unpaired) electrons. The third-order valence-corrected chi connectivity index (χ3v) is 4.83. The van der Waals surface area contributed by atoms with Crippen LogP contribution in [0.1, 0.15) is 29.7 Å². The Morgan fingerprint density at radius 2 is 1.96 bits per heavy atom. The van der Waals surface area contributed by atoms with Crippen molar-refractivity contribution in [2.45, 2.75) is 31.8 Å². The normalized spacial score (nSPS) is 13.0. The van der Waals surface area contributed by atoms with Crippen molar-refractivity contribution in [1.29, 1.82) is 0 Å². The number of aliphatic hydroxyl groups excluding tert-OH is 1. The first-order chi connectivity index (χ1) is 10.8.